The van der Waals surface area contributed by atoms with Crippen LogP contribution in [0.25, 0.3) is 0 Å². The van der Waals surface area contributed by atoms with E-state index in [9.17, 15) is 14.4 Å². The Morgan fingerprint density at radius 2 is 1.92 bits per heavy atom. The third-order valence-electron chi connectivity index (χ3n) is 3.82. The van der Waals surface area contributed by atoms with E-state index in [0.29, 0.717) is 22.7 Å². The van der Waals surface area contributed by atoms with E-state index in [0.717, 1.165) is 16.9 Å². The Hall–Kier alpha value is -2.92. The van der Waals surface area contributed by atoms with E-state index in [4.69, 9.17) is 5.26 Å². The van der Waals surface area contributed by atoms with Crippen LogP contribution in [0.4, 0.5) is 0 Å². The van der Waals surface area contributed by atoms with Crippen molar-refractivity contribution in [2.75, 3.05) is 20.6 Å². The molecule has 1 aromatic heterocycles. The van der Waals surface area contributed by atoms with Gasteiger partial charge in [0, 0.05) is 31.9 Å². The van der Waals surface area contributed by atoms with E-state index in [-0.39, 0.29) is 29.7 Å². The van der Waals surface area contributed by atoms with Crippen LogP contribution in [0.2, 0.25) is 0 Å². The van der Waals surface area contributed by atoms with Crippen LogP contribution in [0.5, 0.6) is 0 Å². The molecular weight excluding hydrogens is 352 g/mol. The number of carbonyl (C=O) groups excluding carboxylic acids is 2. The van der Waals surface area contributed by atoms with Crippen LogP contribution in [0.3, 0.4) is 0 Å². The molecule has 2 aromatic rings. The van der Waals surface area contributed by atoms with Gasteiger partial charge in [0.2, 0.25) is 0 Å². The SMILES string of the molecule is Cc1c(C(=O)NCCC#N)sc(=O)n1Cc1ccc(C(=O)N(C)C)cc1. The van der Waals surface area contributed by atoms with Gasteiger partial charge in [0.25, 0.3) is 11.8 Å². The molecule has 0 aliphatic rings. The Bertz CT molecular complexity index is 904. The predicted octanol–water partition coefficient (Wildman–Crippen LogP) is 1.61. The average molecular weight is 372 g/mol. The molecule has 0 unspecified atom stereocenters. The third kappa shape index (κ3) is 4.37. The van der Waals surface area contributed by atoms with Gasteiger partial charge < -0.3 is 10.2 Å². The number of nitriles is 1. The van der Waals surface area contributed by atoms with Gasteiger partial charge in [0.1, 0.15) is 4.88 Å². The van der Waals surface area contributed by atoms with Crippen molar-refractivity contribution in [1.29, 1.82) is 5.26 Å². The summed E-state index contributed by atoms with van der Waals surface area (Å²) in [5, 5.41) is 11.2. The van der Waals surface area contributed by atoms with Gasteiger partial charge in [-0.15, -0.1) is 0 Å². The second-order valence-electron chi connectivity index (χ2n) is 5.93. The molecule has 0 fully saturated rings. The Morgan fingerprint density at radius 1 is 1.27 bits per heavy atom. The molecule has 0 radical (unpaired) electrons. The van der Waals surface area contributed by atoms with E-state index in [1.165, 1.54) is 9.47 Å². The quantitative estimate of drug-likeness (QED) is 0.780. The standard InChI is InChI=1S/C18H20N4O3S/c1-12-15(16(23)20-10-4-9-19)26-18(25)22(12)11-13-5-7-14(8-6-13)17(24)21(2)3/h5-8H,4,10-11H2,1-3H3,(H,20,23). The van der Waals surface area contributed by atoms with Crippen LogP contribution in [-0.4, -0.2) is 41.9 Å². The molecule has 136 valence electrons. The molecule has 0 aliphatic heterocycles. The van der Waals surface area contributed by atoms with Gasteiger partial charge in [0.05, 0.1) is 19.0 Å². The average Bonchev–Trinajstić information content (AvgIpc) is 2.90. The van der Waals surface area contributed by atoms with Crippen LogP contribution in [0.15, 0.2) is 29.1 Å². The summed E-state index contributed by atoms with van der Waals surface area (Å²) in [6.07, 6.45) is 0.221. The van der Waals surface area contributed by atoms with Crippen molar-refractivity contribution in [3.63, 3.8) is 0 Å². The van der Waals surface area contributed by atoms with Gasteiger partial charge in [-0.1, -0.05) is 23.5 Å². The van der Waals surface area contributed by atoms with Crippen LogP contribution in [-0.2, 0) is 6.54 Å². The zero-order valence-corrected chi connectivity index (χ0v) is 15.7. The summed E-state index contributed by atoms with van der Waals surface area (Å²) < 4.78 is 1.53. The number of hydrogen-bond donors (Lipinski definition) is 1. The molecule has 2 amide bonds. The number of nitrogens with one attached hydrogen (secondary N) is 1. The highest BCUT2D eigenvalue weighted by Gasteiger charge is 2.17. The summed E-state index contributed by atoms with van der Waals surface area (Å²) in [5.41, 5.74) is 2.02. The van der Waals surface area contributed by atoms with Gasteiger partial charge in [-0.2, -0.15) is 5.26 Å². The van der Waals surface area contributed by atoms with Crippen LogP contribution in [0.1, 0.15) is 37.7 Å². The molecule has 0 atom stereocenters. The second-order valence-corrected chi connectivity index (χ2v) is 6.89. The molecule has 1 N–H and O–H groups in total. The molecule has 0 saturated carbocycles. The summed E-state index contributed by atoms with van der Waals surface area (Å²) in [6, 6.07) is 8.99. The maximum atomic E-state index is 12.3. The fourth-order valence-corrected chi connectivity index (χ4v) is 3.28. The molecule has 0 aliphatic carbocycles. The van der Waals surface area contributed by atoms with E-state index in [1.54, 1.807) is 45.3 Å². The molecule has 7 nitrogen and oxygen atoms in total. The van der Waals surface area contributed by atoms with Crippen molar-refractivity contribution >= 4 is 23.2 Å². The normalized spacial score (nSPS) is 10.2. The van der Waals surface area contributed by atoms with Gasteiger partial charge in [-0.05, 0) is 24.6 Å². The highest BCUT2D eigenvalue weighted by atomic mass is 32.1. The lowest BCUT2D eigenvalue weighted by molar-refractivity contribution is 0.0827. The molecule has 2 rings (SSSR count). The monoisotopic (exact) mass is 372 g/mol. The van der Waals surface area contributed by atoms with E-state index < -0.39 is 0 Å². The minimum atomic E-state index is -0.342. The Kier molecular flexibility index (Phi) is 6.31. The molecule has 1 heterocycles. The Balaban J connectivity index is 2.18. The zero-order valence-electron chi connectivity index (χ0n) is 14.9. The van der Waals surface area contributed by atoms with Crippen molar-refractivity contribution in [3.8, 4) is 6.07 Å². The number of thiazole rings is 1. The van der Waals surface area contributed by atoms with E-state index >= 15 is 0 Å². The number of nitrogens with zero attached hydrogens (tertiary/aromatic N) is 3. The molecular formula is C18H20N4O3S. The van der Waals surface area contributed by atoms with Crippen LogP contribution in [0, 0.1) is 18.3 Å². The van der Waals surface area contributed by atoms with Crippen molar-refractivity contribution in [2.45, 2.75) is 19.9 Å². The Morgan fingerprint density at radius 3 is 2.50 bits per heavy atom. The number of benzene rings is 1. The minimum absolute atomic E-state index is 0.0863. The first-order chi connectivity index (χ1) is 12.3. The minimum Gasteiger partial charge on any atom is -0.350 e. The molecule has 0 spiro atoms. The summed E-state index contributed by atoms with van der Waals surface area (Å²) >= 11 is 0.890. The zero-order chi connectivity index (χ0) is 19.3. The van der Waals surface area contributed by atoms with Gasteiger partial charge >= 0.3 is 4.87 Å². The van der Waals surface area contributed by atoms with Crippen LogP contribution < -0.4 is 10.2 Å². The van der Waals surface area contributed by atoms with Crippen molar-refractivity contribution in [1.82, 2.24) is 14.8 Å². The maximum absolute atomic E-state index is 12.3. The third-order valence-corrected chi connectivity index (χ3v) is 4.90. The molecule has 26 heavy (non-hydrogen) atoms. The molecule has 0 saturated heterocycles. The lowest BCUT2D eigenvalue weighted by Gasteiger charge is -2.11. The lowest BCUT2D eigenvalue weighted by atomic mass is 10.1. The van der Waals surface area contributed by atoms with Crippen molar-refractivity contribution in [3.05, 3.63) is 55.6 Å². The Labute approximate surface area is 155 Å². The molecule has 8 heteroatoms. The van der Waals surface area contributed by atoms with Crippen molar-refractivity contribution in [2.24, 2.45) is 0 Å². The topological polar surface area (TPSA) is 95.2 Å². The number of aromatic nitrogens is 1. The number of amides is 2. The van der Waals surface area contributed by atoms with Crippen LogP contribution >= 0.6 is 11.3 Å². The predicted molar refractivity (Wildman–Crippen MR) is 99.4 cm³/mol. The lowest BCUT2D eigenvalue weighted by Crippen LogP contribution is -2.24. The fraction of sp³-hybridized carbons (Fsp3) is 0.333. The number of hydrogen-bond acceptors (Lipinski definition) is 5. The van der Waals surface area contributed by atoms with Gasteiger partial charge in [0.15, 0.2) is 0 Å². The van der Waals surface area contributed by atoms with Gasteiger partial charge in [-0.3, -0.25) is 19.0 Å². The van der Waals surface area contributed by atoms with E-state index in [1.807, 2.05) is 6.07 Å². The highest BCUT2D eigenvalue weighted by Crippen LogP contribution is 2.14. The van der Waals surface area contributed by atoms with E-state index in [2.05, 4.69) is 5.32 Å². The second kappa shape index (κ2) is 8.45. The molecule has 1 aromatic carbocycles. The number of carbonyl (C=O) groups is 2. The summed E-state index contributed by atoms with van der Waals surface area (Å²) in [6.45, 7) is 2.30. The maximum Gasteiger partial charge on any atom is 0.308 e. The smallest absolute Gasteiger partial charge is 0.308 e. The largest absolute Gasteiger partial charge is 0.350 e. The first-order valence-electron chi connectivity index (χ1n) is 8.01. The van der Waals surface area contributed by atoms with Crippen molar-refractivity contribution < 1.29 is 9.59 Å². The molecule has 0 bridgehead atoms. The summed E-state index contributed by atoms with van der Waals surface area (Å²) in [4.78, 5) is 37.9. The number of rotatable bonds is 6. The fourth-order valence-electron chi connectivity index (χ4n) is 2.38. The summed E-state index contributed by atoms with van der Waals surface area (Å²) in [5.74, 6) is -0.428. The summed E-state index contributed by atoms with van der Waals surface area (Å²) in [7, 11) is 3.38. The first-order valence-corrected chi connectivity index (χ1v) is 8.82. The first kappa shape index (κ1) is 19.4. The highest BCUT2D eigenvalue weighted by molar-refractivity contribution is 7.11. The van der Waals surface area contributed by atoms with Gasteiger partial charge in [-0.25, -0.2) is 0 Å².